The summed E-state index contributed by atoms with van der Waals surface area (Å²) in [4.78, 5) is 25.0. The van der Waals surface area contributed by atoms with E-state index in [-0.39, 0.29) is 18.3 Å². The number of halogens is 1. The summed E-state index contributed by atoms with van der Waals surface area (Å²) < 4.78 is 13.4. The largest absolute Gasteiger partial charge is 0.341 e. The Morgan fingerprint density at radius 2 is 1.92 bits per heavy atom. The number of aromatic nitrogens is 2. The van der Waals surface area contributed by atoms with Crippen molar-refractivity contribution in [1.29, 1.82) is 0 Å². The number of hydrogen-bond acceptors (Lipinski definition) is 5. The van der Waals surface area contributed by atoms with E-state index in [1.54, 1.807) is 30.3 Å². The topological polar surface area (TPSA) is 75.4 Å². The smallest absolute Gasteiger partial charge is 0.241 e. The van der Waals surface area contributed by atoms with Gasteiger partial charge in [0.05, 0.1) is 13.1 Å². The molecule has 2 aromatic rings. The number of piperidine rings is 1. The van der Waals surface area contributed by atoms with Crippen LogP contribution in [-0.2, 0) is 11.3 Å². The Labute approximate surface area is 152 Å². The molecule has 1 amide bonds. The average molecular weight is 357 g/mol. The number of nitrogens with two attached hydrogens (primary N) is 1. The van der Waals surface area contributed by atoms with Gasteiger partial charge in [-0.2, -0.15) is 0 Å². The molecule has 2 N–H and O–H groups in total. The summed E-state index contributed by atoms with van der Waals surface area (Å²) in [6.07, 6.45) is 7.06. The van der Waals surface area contributed by atoms with Crippen LogP contribution in [0.5, 0.6) is 0 Å². The minimum atomic E-state index is -0.333. The van der Waals surface area contributed by atoms with Crippen molar-refractivity contribution in [2.75, 3.05) is 29.4 Å². The molecule has 1 aromatic heterocycles. The molecule has 1 aliphatic heterocycles. The average Bonchev–Trinajstić information content (AvgIpc) is 2.67. The number of amides is 1. The van der Waals surface area contributed by atoms with Crippen molar-refractivity contribution >= 4 is 17.5 Å². The number of rotatable bonds is 5. The monoisotopic (exact) mass is 357 g/mol. The lowest BCUT2D eigenvalue weighted by Gasteiger charge is -2.27. The van der Waals surface area contributed by atoms with Crippen molar-refractivity contribution in [3.8, 4) is 0 Å². The summed E-state index contributed by atoms with van der Waals surface area (Å²) in [6.45, 7) is 3.90. The second kappa shape index (κ2) is 8.23. The number of anilines is 2. The zero-order chi connectivity index (χ0) is 18.5. The number of carbonyl (C=O) groups excluding carboxylic acids is 1. The highest BCUT2D eigenvalue weighted by atomic mass is 19.1. The molecule has 138 valence electrons. The van der Waals surface area contributed by atoms with Gasteiger partial charge in [-0.25, -0.2) is 14.4 Å². The molecule has 3 rings (SSSR count). The van der Waals surface area contributed by atoms with Gasteiger partial charge in [0.15, 0.2) is 0 Å². The highest BCUT2D eigenvalue weighted by molar-refractivity contribution is 5.95. The maximum absolute atomic E-state index is 13.4. The first kappa shape index (κ1) is 18.3. The van der Waals surface area contributed by atoms with Crippen molar-refractivity contribution in [2.45, 2.75) is 32.7 Å². The van der Waals surface area contributed by atoms with Crippen LogP contribution < -0.4 is 15.5 Å². The van der Waals surface area contributed by atoms with Crippen molar-refractivity contribution in [1.82, 2.24) is 9.97 Å². The molecule has 0 atom stereocenters. The number of hydrogen-bond donors (Lipinski definition) is 1. The van der Waals surface area contributed by atoms with Crippen molar-refractivity contribution in [2.24, 2.45) is 5.73 Å². The van der Waals surface area contributed by atoms with Crippen LogP contribution in [0.2, 0.25) is 0 Å². The predicted octanol–water partition coefficient (Wildman–Crippen LogP) is 2.41. The van der Waals surface area contributed by atoms with Crippen LogP contribution in [0.15, 0.2) is 30.6 Å². The number of carbonyl (C=O) groups is 1. The molecule has 0 spiro atoms. The number of nitrogens with zero attached hydrogens (tertiary/aromatic N) is 4. The van der Waals surface area contributed by atoms with Crippen LogP contribution in [0.1, 0.15) is 30.4 Å². The van der Waals surface area contributed by atoms with Gasteiger partial charge in [0.2, 0.25) is 11.9 Å². The fourth-order valence-electron chi connectivity index (χ4n) is 3.21. The third-order valence-corrected chi connectivity index (χ3v) is 4.60. The van der Waals surface area contributed by atoms with E-state index in [1.165, 1.54) is 18.6 Å². The molecule has 26 heavy (non-hydrogen) atoms. The maximum Gasteiger partial charge on any atom is 0.241 e. The van der Waals surface area contributed by atoms with Crippen LogP contribution >= 0.6 is 0 Å². The highest BCUT2D eigenvalue weighted by Gasteiger charge is 2.18. The van der Waals surface area contributed by atoms with Crippen LogP contribution in [-0.4, -0.2) is 35.5 Å². The minimum absolute atomic E-state index is 0.121. The Hall–Kier alpha value is -2.54. The lowest BCUT2D eigenvalue weighted by atomic mass is 10.1. The van der Waals surface area contributed by atoms with Crippen molar-refractivity contribution < 1.29 is 9.18 Å². The van der Waals surface area contributed by atoms with Crippen molar-refractivity contribution in [3.05, 3.63) is 47.5 Å². The third kappa shape index (κ3) is 4.16. The van der Waals surface area contributed by atoms with E-state index in [4.69, 9.17) is 5.73 Å². The van der Waals surface area contributed by atoms with E-state index in [2.05, 4.69) is 14.9 Å². The van der Waals surface area contributed by atoms with Gasteiger partial charge in [-0.05, 0) is 49.9 Å². The summed E-state index contributed by atoms with van der Waals surface area (Å²) >= 11 is 0. The Bertz CT molecular complexity index is 759. The SMILES string of the molecule is Cc1cc(F)ccc1N(Cc1cnc(N2CCCCC2)nc1)C(=O)CN. The lowest BCUT2D eigenvalue weighted by molar-refractivity contribution is -0.117. The second-order valence-corrected chi connectivity index (χ2v) is 6.55. The van der Waals surface area contributed by atoms with E-state index < -0.39 is 0 Å². The molecular weight excluding hydrogens is 333 g/mol. The number of benzene rings is 1. The van der Waals surface area contributed by atoms with E-state index in [9.17, 15) is 9.18 Å². The maximum atomic E-state index is 13.4. The van der Waals surface area contributed by atoms with Gasteiger partial charge in [0.25, 0.3) is 0 Å². The first-order valence-corrected chi connectivity index (χ1v) is 8.91. The summed E-state index contributed by atoms with van der Waals surface area (Å²) in [6, 6.07) is 4.35. The Morgan fingerprint density at radius 3 is 2.54 bits per heavy atom. The molecule has 0 saturated carbocycles. The molecule has 1 saturated heterocycles. The highest BCUT2D eigenvalue weighted by Crippen LogP contribution is 2.23. The molecule has 0 unspecified atom stereocenters. The first-order valence-electron chi connectivity index (χ1n) is 8.91. The molecule has 7 heteroatoms. The normalized spacial score (nSPS) is 14.3. The molecule has 0 radical (unpaired) electrons. The van der Waals surface area contributed by atoms with Gasteiger partial charge in [-0.15, -0.1) is 0 Å². The zero-order valence-corrected chi connectivity index (χ0v) is 15.0. The van der Waals surface area contributed by atoms with E-state index in [0.29, 0.717) is 17.8 Å². The number of aryl methyl sites for hydroxylation is 1. The fourth-order valence-corrected chi connectivity index (χ4v) is 3.21. The molecule has 2 heterocycles. The Morgan fingerprint density at radius 1 is 1.23 bits per heavy atom. The molecule has 0 aliphatic carbocycles. The third-order valence-electron chi connectivity index (χ3n) is 4.60. The summed E-state index contributed by atoms with van der Waals surface area (Å²) in [5.74, 6) is 0.156. The minimum Gasteiger partial charge on any atom is -0.341 e. The molecule has 0 bridgehead atoms. The van der Waals surface area contributed by atoms with E-state index in [1.807, 2.05) is 0 Å². The van der Waals surface area contributed by atoms with Gasteiger partial charge >= 0.3 is 0 Å². The van der Waals surface area contributed by atoms with Crippen molar-refractivity contribution in [3.63, 3.8) is 0 Å². The summed E-state index contributed by atoms with van der Waals surface area (Å²) in [5, 5.41) is 0. The van der Waals surface area contributed by atoms with Crippen LogP contribution in [0.25, 0.3) is 0 Å². The second-order valence-electron chi connectivity index (χ2n) is 6.55. The van der Waals surface area contributed by atoms with Gasteiger partial charge < -0.3 is 15.5 Å². The lowest BCUT2D eigenvalue weighted by Crippen LogP contribution is -2.36. The Kier molecular flexibility index (Phi) is 5.78. The molecule has 6 nitrogen and oxygen atoms in total. The van der Waals surface area contributed by atoms with Gasteiger partial charge in [-0.3, -0.25) is 4.79 Å². The Balaban J connectivity index is 1.79. The predicted molar refractivity (Wildman–Crippen MR) is 99.5 cm³/mol. The van der Waals surface area contributed by atoms with Crippen LogP contribution in [0.4, 0.5) is 16.0 Å². The van der Waals surface area contributed by atoms with E-state index >= 15 is 0 Å². The standard InChI is InChI=1S/C19H24FN5O/c1-14-9-16(20)5-6-17(14)25(18(26)10-21)13-15-11-22-19(23-12-15)24-7-3-2-4-8-24/h5-6,9,11-12H,2-4,7-8,10,13,21H2,1H3. The molecule has 1 aromatic carbocycles. The van der Waals surface area contributed by atoms with Gasteiger partial charge in [0, 0.05) is 36.7 Å². The molecule has 1 aliphatic rings. The van der Waals surface area contributed by atoms with Crippen LogP contribution in [0.3, 0.4) is 0 Å². The first-order chi connectivity index (χ1) is 12.6. The van der Waals surface area contributed by atoms with Gasteiger partial charge in [-0.1, -0.05) is 0 Å². The summed E-state index contributed by atoms with van der Waals surface area (Å²) in [5.41, 5.74) is 7.68. The quantitative estimate of drug-likeness (QED) is 0.889. The summed E-state index contributed by atoms with van der Waals surface area (Å²) in [7, 11) is 0. The fraction of sp³-hybridized carbons (Fsp3) is 0.421. The molecule has 1 fully saturated rings. The van der Waals surface area contributed by atoms with Crippen LogP contribution in [0, 0.1) is 12.7 Å². The van der Waals surface area contributed by atoms with Gasteiger partial charge in [0.1, 0.15) is 5.82 Å². The molecular formula is C19H24FN5O. The van der Waals surface area contributed by atoms with E-state index in [0.717, 1.165) is 37.4 Å². The zero-order valence-electron chi connectivity index (χ0n) is 15.0.